The average molecular weight is 396 g/mol. The first-order valence-corrected chi connectivity index (χ1v) is 10.2. The second-order valence-electron chi connectivity index (χ2n) is 8.21. The molecule has 0 unspecified atom stereocenters. The normalized spacial score (nSPS) is 25.0. The van der Waals surface area contributed by atoms with Crippen LogP contribution in [0.5, 0.6) is 0 Å². The molecule has 1 aliphatic carbocycles. The Morgan fingerprint density at radius 3 is 2.50 bits per heavy atom. The van der Waals surface area contributed by atoms with Crippen LogP contribution in [0.1, 0.15) is 44.2 Å². The first-order chi connectivity index (χ1) is 13.4. The zero-order chi connectivity index (χ0) is 19.7. The van der Waals surface area contributed by atoms with Crippen LogP contribution in [0.4, 0.5) is 19.0 Å². The summed E-state index contributed by atoms with van der Waals surface area (Å²) in [5, 5.41) is 3.12. The van der Waals surface area contributed by atoms with E-state index in [1.807, 2.05) is 4.90 Å². The van der Waals surface area contributed by atoms with E-state index in [9.17, 15) is 18.0 Å². The molecular weight excluding hydrogens is 369 g/mol. The summed E-state index contributed by atoms with van der Waals surface area (Å²) < 4.78 is 38.7. The monoisotopic (exact) mass is 396 g/mol. The number of likely N-dealkylation sites (tertiary alicyclic amines) is 1. The molecule has 1 N–H and O–H groups in total. The van der Waals surface area contributed by atoms with E-state index in [2.05, 4.69) is 15.2 Å². The minimum atomic E-state index is -4.42. The van der Waals surface area contributed by atoms with E-state index >= 15 is 0 Å². The van der Waals surface area contributed by atoms with Crippen molar-refractivity contribution < 1.29 is 18.0 Å². The maximum Gasteiger partial charge on any atom is 0.433 e. The minimum Gasteiger partial charge on any atom is -0.356 e. The van der Waals surface area contributed by atoms with Crippen LogP contribution in [0, 0.1) is 5.92 Å². The number of hydrogen-bond acceptors (Lipinski definition) is 4. The molecule has 3 heterocycles. The van der Waals surface area contributed by atoms with Crippen molar-refractivity contribution in [2.45, 2.75) is 56.8 Å². The first-order valence-electron chi connectivity index (χ1n) is 10.2. The highest BCUT2D eigenvalue weighted by Gasteiger charge is 2.35. The molecule has 0 aromatic carbocycles. The van der Waals surface area contributed by atoms with Gasteiger partial charge in [-0.05, 0) is 57.2 Å². The fourth-order valence-corrected chi connectivity index (χ4v) is 4.32. The highest BCUT2D eigenvalue weighted by atomic mass is 19.4. The Bertz CT molecular complexity index is 699. The quantitative estimate of drug-likeness (QED) is 0.850. The molecule has 1 aromatic rings. The van der Waals surface area contributed by atoms with Gasteiger partial charge in [-0.1, -0.05) is 6.07 Å². The van der Waals surface area contributed by atoms with Gasteiger partial charge in [-0.25, -0.2) is 4.98 Å². The van der Waals surface area contributed by atoms with Crippen LogP contribution >= 0.6 is 0 Å². The Balaban J connectivity index is 1.32. The second-order valence-corrected chi connectivity index (χ2v) is 8.21. The van der Waals surface area contributed by atoms with Crippen LogP contribution in [0.2, 0.25) is 0 Å². The van der Waals surface area contributed by atoms with Gasteiger partial charge in [-0.2, -0.15) is 13.2 Å². The van der Waals surface area contributed by atoms with Crippen molar-refractivity contribution in [2.24, 2.45) is 5.92 Å². The molecule has 1 aromatic heterocycles. The summed E-state index contributed by atoms with van der Waals surface area (Å²) in [6.07, 6.45) is 1.52. The molecular formula is C20H27F3N4O. The van der Waals surface area contributed by atoms with E-state index in [1.165, 1.54) is 6.07 Å². The Hall–Kier alpha value is -1.83. The summed E-state index contributed by atoms with van der Waals surface area (Å²) in [5.41, 5.74) is -0.840. The van der Waals surface area contributed by atoms with Gasteiger partial charge in [0.15, 0.2) is 0 Å². The van der Waals surface area contributed by atoms with Crippen molar-refractivity contribution in [2.75, 3.05) is 31.1 Å². The lowest BCUT2D eigenvalue weighted by atomic mass is 9.93. The molecule has 2 saturated heterocycles. The van der Waals surface area contributed by atoms with E-state index in [0.717, 1.165) is 57.7 Å². The standard InChI is InChI=1S/C20H27F3N4O/c21-20(22,23)17-4-1-5-18(25-17)26-11-8-16(9-12-26)27-10-2-3-14(13-27)19(28)24-15-6-7-15/h1,4-5,14-16H,2-3,6-13H2,(H,24,28)/t14-/m0/s1. The van der Waals surface area contributed by atoms with E-state index in [0.29, 0.717) is 31.0 Å². The molecule has 3 aliphatic rings. The van der Waals surface area contributed by atoms with E-state index < -0.39 is 11.9 Å². The van der Waals surface area contributed by atoms with Crippen molar-refractivity contribution in [1.82, 2.24) is 15.2 Å². The zero-order valence-electron chi connectivity index (χ0n) is 15.9. The van der Waals surface area contributed by atoms with Crippen LogP contribution in [0.3, 0.4) is 0 Å². The van der Waals surface area contributed by atoms with Crippen molar-refractivity contribution >= 4 is 11.7 Å². The van der Waals surface area contributed by atoms with Gasteiger partial charge in [-0.15, -0.1) is 0 Å². The minimum absolute atomic E-state index is 0.0671. The number of aromatic nitrogens is 1. The van der Waals surface area contributed by atoms with Crippen molar-refractivity contribution in [3.63, 3.8) is 0 Å². The van der Waals surface area contributed by atoms with Gasteiger partial charge in [0.2, 0.25) is 5.91 Å². The van der Waals surface area contributed by atoms with E-state index in [-0.39, 0.29) is 11.8 Å². The Morgan fingerprint density at radius 2 is 1.82 bits per heavy atom. The van der Waals surface area contributed by atoms with Gasteiger partial charge in [0.25, 0.3) is 0 Å². The predicted octanol–water partition coefficient (Wildman–Crippen LogP) is 3.06. The molecule has 2 aliphatic heterocycles. The molecule has 1 saturated carbocycles. The van der Waals surface area contributed by atoms with Gasteiger partial charge >= 0.3 is 6.18 Å². The fourth-order valence-electron chi connectivity index (χ4n) is 4.32. The van der Waals surface area contributed by atoms with Crippen LogP contribution in [-0.4, -0.2) is 54.1 Å². The number of rotatable bonds is 4. The fraction of sp³-hybridized carbons (Fsp3) is 0.700. The second kappa shape index (κ2) is 7.89. The molecule has 0 bridgehead atoms. The van der Waals surface area contributed by atoms with Gasteiger partial charge < -0.3 is 10.2 Å². The first kappa shape index (κ1) is 19.5. The number of carbonyl (C=O) groups excluding carboxylic acids is 1. The van der Waals surface area contributed by atoms with Crippen LogP contribution < -0.4 is 10.2 Å². The number of amides is 1. The lowest BCUT2D eigenvalue weighted by Gasteiger charge is -2.42. The predicted molar refractivity (Wildman–Crippen MR) is 99.9 cm³/mol. The maximum atomic E-state index is 12.9. The summed E-state index contributed by atoms with van der Waals surface area (Å²) in [7, 11) is 0. The van der Waals surface area contributed by atoms with Crippen molar-refractivity contribution in [3.8, 4) is 0 Å². The largest absolute Gasteiger partial charge is 0.433 e. The Morgan fingerprint density at radius 1 is 1.07 bits per heavy atom. The molecule has 4 rings (SSSR count). The molecule has 3 fully saturated rings. The lowest BCUT2D eigenvalue weighted by molar-refractivity contribution is -0.141. The molecule has 154 valence electrons. The molecule has 8 heteroatoms. The topological polar surface area (TPSA) is 48.5 Å². The molecule has 0 radical (unpaired) electrons. The number of nitrogens with one attached hydrogen (secondary N) is 1. The Labute approximate surface area is 163 Å². The number of hydrogen-bond donors (Lipinski definition) is 1. The Kier molecular flexibility index (Phi) is 5.49. The number of nitrogens with zero attached hydrogens (tertiary/aromatic N) is 3. The average Bonchev–Trinajstić information content (AvgIpc) is 3.52. The van der Waals surface area contributed by atoms with E-state index in [4.69, 9.17) is 0 Å². The zero-order valence-corrected chi connectivity index (χ0v) is 15.9. The number of halogens is 3. The van der Waals surface area contributed by atoms with E-state index in [1.54, 1.807) is 6.07 Å². The molecule has 5 nitrogen and oxygen atoms in total. The van der Waals surface area contributed by atoms with Crippen LogP contribution in [-0.2, 0) is 11.0 Å². The SMILES string of the molecule is O=C(NC1CC1)[C@H]1CCCN(C2CCN(c3cccc(C(F)(F)F)n3)CC2)C1. The third-order valence-corrected chi connectivity index (χ3v) is 6.08. The van der Waals surface area contributed by atoms with Gasteiger partial charge in [0.1, 0.15) is 11.5 Å². The molecule has 0 spiro atoms. The number of piperidine rings is 2. The summed E-state index contributed by atoms with van der Waals surface area (Å²) in [6.45, 7) is 3.17. The van der Waals surface area contributed by atoms with Crippen molar-refractivity contribution in [1.29, 1.82) is 0 Å². The van der Waals surface area contributed by atoms with Crippen LogP contribution in [0.15, 0.2) is 18.2 Å². The highest BCUT2D eigenvalue weighted by Crippen LogP contribution is 2.31. The molecule has 1 amide bonds. The number of pyridine rings is 1. The van der Waals surface area contributed by atoms with Gasteiger partial charge in [0, 0.05) is 31.7 Å². The lowest BCUT2D eigenvalue weighted by Crippen LogP contribution is -2.51. The van der Waals surface area contributed by atoms with Crippen LogP contribution in [0.25, 0.3) is 0 Å². The molecule has 28 heavy (non-hydrogen) atoms. The van der Waals surface area contributed by atoms with Gasteiger partial charge in [-0.3, -0.25) is 9.69 Å². The van der Waals surface area contributed by atoms with Crippen molar-refractivity contribution in [3.05, 3.63) is 23.9 Å². The number of carbonyl (C=O) groups is 1. The van der Waals surface area contributed by atoms with Gasteiger partial charge in [0.05, 0.1) is 5.92 Å². The molecule has 1 atom stereocenters. The summed E-state index contributed by atoms with van der Waals surface area (Å²) in [6, 6.07) is 4.86. The number of anilines is 1. The highest BCUT2D eigenvalue weighted by molar-refractivity contribution is 5.79. The smallest absolute Gasteiger partial charge is 0.356 e. The summed E-state index contributed by atoms with van der Waals surface area (Å²) in [5.74, 6) is 0.656. The maximum absolute atomic E-state index is 12.9. The number of alkyl halides is 3. The third-order valence-electron chi connectivity index (χ3n) is 6.08. The third kappa shape index (κ3) is 4.59. The summed E-state index contributed by atoms with van der Waals surface area (Å²) >= 11 is 0. The summed E-state index contributed by atoms with van der Waals surface area (Å²) in [4.78, 5) is 20.5.